The van der Waals surface area contributed by atoms with Crippen LogP contribution in [0.3, 0.4) is 0 Å². The van der Waals surface area contributed by atoms with Gasteiger partial charge in [-0.3, -0.25) is 4.79 Å². The maximum atomic E-state index is 12.9. The summed E-state index contributed by atoms with van der Waals surface area (Å²) in [5.41, 5.74) is 3.20. The molecule has 1 atom stereocenters. The number of ether oxygens (including phenoxy) is 2. The molecule has 0 unspecified atom stereocenters. The number of fused-ring (bicyclic) bond motifs is 1. The Labute approximate surface area is 207 Å². The minimum Gasteiger partial charge on any atom is -0.435 e. The van der Waals surface area contributed by atoms with Crippen molar-refractivity contribution in [1.29, 1.82) is 0 Å². The summed E-state index contributed by atoms with van der Waals surface area (Å²) < 4.78 is 13.2. The highest BCUT2D eigenvalue weighted by Gasteiger charge is 2.25. The Kier molecular flexibility index (Phi) is 6.18. The molecule has 0 spiro atoms. The summed E-state index contributed by atoms with van der Waals surface area (Å²) in [5.74, 6) is 1.62. The van der Waals surface area contributed by atoms with Crippen LogP contribution >= 0.6 is 0 Å². The molecule has 0 aromatic carbocycles. The number of hydrogen-bond acceptors (Lipinski definition) is 8. The van der Waals surface area contributed by atoms with Crippen LogP contribution in [0.2, 0.25) is 0 Å². The van der Waals surface area contributed by atoms with Gasteiger partial charge in [0.2, 0.25) is 5.88 Å². The van der Waals surface area contributed by atoms with Gasteiger partial charge in [-0.25, -0.2) is 9.97 Å². The Morgan fingerprint density at radius 3 is 2.83 bits per heavy atom. The van der Waals surface area contributed by atoms with E-state index < -0.39 is 0 Å². The van der Waals surface area contributed by atoms with E-state index in [1.807, 2.05) is 20.9 Å². The van der Waals surface area contributed by atoms with E-state index in [9.17, 15) is 4.79 Å². The Morgan fingerprint density at radius 2 is 2.11 bits per heavy atom. The molecule has 0 radical (unpaired) electrons. The van der Waals surface area contributed by atoms with E-state index in [0.29, 0.717) is 65.4 Å². The van der Waals surface area contributed by atoms with E-state index in [1.54, 1.807) is 46.3 Å². The summed E-state index contributed by atoms with van der Waals surface area (Å²) in [6.07, 6.45) is 4.75. The van der Waals surface area contributed by atoms with Crippen LogP contribution in [0.25, 0.3) is 16.0 Å². The number of morpholine rings is 1. The number of carbonyl (C=O) groups excluding carboxylic acids is 1. The van der Waals surface area contributed by atoms with Crippen molar-refractivity contribution in [3.8, 4) is 11.6 Å². The SMILES string of the molecule is [C-]#[N+]c1cc(C)c(Oc2cc(Nc3ccc(C(=O)N4CCOC[C@H]4C)cn3)c3ncn(C)c3n2)cn1. The first-order chi connectivity index (χ1) is 17.4. The molecule has 4 aromatic heterocycles. The monoisotopic (exact) mass is 484 g/mol. The van der Waals surface area contributed by atoms with Gasteiger partial charge in [-0.05, 0) is 37.6 Å². The molecule has 11 nitrogen and oxygen atoms in total. The van der Waals surface area contributed by atoms with Gasteiger partial charge in [-0.15, -0.1) is 4.98 Å². The van der Waals surface area contributed by atoms with Crippen LogP contribution in [-0.2, 0) is 11.8 Å². The molecule has 5 heterocycles. The van der Waals surface area contributed by atoms with Crippen LogP contribution in [0.1, 0.15) is 22.8 Å². The number of rotatable bonds is 5. The normalized spacial score (nSPS) is 15.5. The predicted octanol–water partition coefficient (Wildman–Crippen LogP) is 4.01. The summed E-state index contributed by atoms with van der Waals surface area (Å²) >= 11 is 0. The van der Waals surface area contributed by atoms with Gasteiger partial charge in [0, 0.05) is 25.9 Å². The second-order valence-electron chi connectivity index (χ2n) is 8.54. The Balaban J connectivity index is 1.41. The number of hydrogen-bond donors (Lipinski definition) is 1. The van der Waals surface area contributed by atoms with Crippen molar-refractivity contribution >= 4 is 34.4 Å². The van der Waals surface area contributed by atoms with Gasteiger partial charge < -0.3 is 29.1 Å². The van der Waals surface area contributed by atoms with E-state index in [1.165, 1.54) is 6.20 Å². The fourth-order valence-electron chi connectivity index (χ4n) is 3.96. The fourth-order valence-corrected chi connectivity index (χ4v) is 3.96. The molecule has 36 heavy (non-hydrogen) atoms. The number of pyridine rings is 3. The first-order valence-corrected chi connectivity index (χ1v) is 11.4. The molecule has 1 amide bonds. The van der Waals surface area contributed by atoms with Crippen LogP contribution in [0.5, 0.6) is 11.6 Å². The minimum atomic E-state index is -0.0650. The van der Waals surface area contributed by atoms with Gasteiger partial charge in [0.15, 0.2) is 17.6 Å². The van der Waals surface area contributed by atoms with Crippen molar-refractivity contribution in [3.05, 3.63) is 65.5 Å². The third-order valence-corrected chi connectivity index (χ3v) is 5.92. The van der Waals surface area contributed by atoms with E-state index in [-0.39, 0.29) is 11.9 Å². The topological polar surface area (TPSA) is 112 Å². The van der Waals surface area contributed by atoms with Crippen molar-refractivity contribution < 1.29 is 14.3 Å². The quantitative estimate of drug-likeness (QED) is 0.423. The second-order valence-corrected chi connectivity index (χ2v) is 8.54. The zero-order valence-corrected chi connectivity index (χ0v) is 20.1. The fraction of sp³-hybridized carbons (Fsp3) is 0.280. The summed E-state index contributed by atoms with van der Waals surface area (Å²) in [4.78, 5) is 35.6. The number of nitrogens with one attached hydrogen (secondary N) is 1. The largest absolute Gasteiger partial charge is 0.435 e. The van der Waals surface area contributed by atoms with E-state index in [4.69, 9.17) is 16.0 Å². The molecule has 0 aliphatic carbocycles. The molecule has 1 aliphatic rings. The number of nitrogens with zero attached hydrogens (tertiary/aromatic N) is 7. The van der Waals surface area contributed by atoms with Crippen molar-refractivity contribution in [2.75, 3.05) is 25.1 Å². The number of aryl methyl sites for hydroxylation is 2. The lowest BCUT2D eigenvalue weighted by Crippen LogP contribution is -2.47. The zero-order chi connectivity index (χ0) is 25.2. The molecule has 182 valence electrons. The average molecular weight is 485 g/mol. The van der Waals surface area contributed by atoms with Crippen LogP contribution in [-0.4, -0.2) is 61.1 Å². The predicted molar refractivity (Wildman–Crippen MR) is 133 cm³/mol. The van der Waals surface area contributed by atoms with E-state index in [2.05, 4.69) is 30.1 Å². The van der Waals surface area contributed by atoms with Gasteiger partial charge in [0.05, 0.1) is 36.8 Å². The second kappa shape index (κ2) is 9.59. The minimum absolute atomic E-state index is 0.0214. The van der Waals surface area contributed by atoms with Crippen molar-refractivity contribution in [1.82, 2.24) is 29.4 Å². The molecule has 11 heteroatoms. The number of carbonyl (C=O) groups is 1. The van der Waals surface area contributed by atoms with E-state index in [0.717, 1.165) is 5.56 Å². The van der Waals surface area contributed by atoms with Crippen LogP contribution in [0.4, 0.5) is 17.3 Å². The number of aromatic nitrogens is 5. The lowest BCUT2D eigenvalue weighted by atomic mass is 10.2. The molecular weight excluding hydrogens is 460 g/mol. The molecule has 1 aliphatic heterocycles. The number of anilines is 2. The highest BCUT2D eigenvalue weighted by molar-refractivity contribution is 5.94. The maximum absolute atomic E-state index is 12.9. The summed E-state index contributed by atoms with van der Waals surface area (Å²) in [5, 5.41) is 3.27. The summed E-state index contributed by atoms with van der Waals surface area (Å²) in [6.45, 7) is 12.6. The van der Waals surface area contributed by atoms with Crippen LogP contribution in [0, 0.1) is 13.5 Å². The Bertz CT molecular complexity index is 1480. The lowest BCUT2D eigenvalue weighted by molar-refractivity contribution is 0.00357. The van der Waals surface area contributed by atoms with Crippen molar-refractivity contribution in [2.24, 2.45) is 7.05 Å². The molecule has 1 fully saturated rings. The third kappa shape index (κ3) is 4.54. The van der Waals surface area contributed by atoms with Crippen molar-refractivity contribution in [3.63, 3.8) is 0 Å². The lowest BCUT2D eigenvalue weighted by Gasteiger charge is -2.33. The van der Waals surface area contributed by atoms with Crippen LogP contribution in [0.15, 0.2) is 43.0 Å². The standard InChI is InChI=1S/C25H24N8O3/c1-15-9-21(26-3)28-12-19(15)36-22-10-18(23-24(31-22)32(4)14-29-23)30-20-6-5-17(11-27-20)25(34)33-7-8-35-13-16(33)2/h5-6,9-12,14,16H,7-8,13H2,1-2,4H3,(H,27,30,31)/t16-/m1/s1. The van der Waals surface area contributed by atoms with Gasteiger partial charge in [-0.2, -0.15) is 4.98 Å². The molecule has 4 aromatic rings. The highest BCUT2D eigenvalue weighted by Crippen LogP contribution is 2.31. The molecule has 1 N–H and O–H groups in total. The average Bonchev–Trinajstić information content (AvgIpc) is 3.26. The maximum Gasteiger partial charge on any atom is 0.269 e. The first-order valence-electron chi connectivity index (χ1n) is 11.4. The molecule has 0 bridgehead atoms. The van der Waals surface area contributed by atoms with Crippen LogP contribution < -0.4 is 10.1 Å². The Hall–Kier alpha value is -4.56. The zero-order valence-electron chi connectivity index (χ0n) is 20.1. The van der Waals surface area contributed by atoms with Gasteiger partial charge >= 0.3 is 0 Å². The van der Waals surface area contributed by atoms with Gasteiger partial charge in [-0.1, -0.05) is 6.57 Å². The molecule has 5 rings (SSSR count). The first kappa shape index (κ1) is 23.2. The molecular formula is C25H24N8O3. The number of amides is 1. The van der Waals surface area contributed by atoms with Crippen molar-refractivity contribution in [2.45, 2.75) is 19.9 Å². The van der Waals surface area contributed by atoms with E-state index >= 15 is 0 Å². The summed E-state index contributed by atoms with van der Waals surface area (Å²) in [6, 6.07) is 6.92. The Morgan fingerprint density at radius 1 is 1.25 bits per heavy atom. The smallest absolute Gasteiger partial charge is 0.269 e. The number of imidazole rings is 1. The molecule has 1 saturated heterocycles. The third-order valence-electron chi connectivity index (χ3n) is 5.92. The highest BCUT2D eigenvalue weighted by atomic mass is 16.5. The molecule has 0 saturated carbocycles. The van der Waals surface area contributed by atoms with Gasteiger partial charge in [0.1, 0.15) is 11.3 Å². The summed E-state index contributed by atoms with van der Waals surface area (Å²) in [7, 11) is 1.85. The van der Waals surface area contributed by atoms with Gasteiger partial charge in [0.25, 0.3) is 11.7 Å².